The van der Waals surface area contributed by atoms with Crippen LogP contribution in [0.5, 0.6) is 0 Å². The van der Waals surface area contributed by atoms with Crippen LogP contribution in [0.15, 0.2) is 60.8 Å². The number of amides is 1. The molecule has 36 heavy (non-hydrogen) atoms. The number of halogens is 3. The third-order valence-electron chi connectivity index (χ3n) is 5.76. The van der Waals surface area contributed by atoms with Crippen molar-refractivity contribution in [2.45, 2.75) is 12.8 Å². The van der Waals surface area contributed by atoms with E-state index in [-0.39, 0.29) is 10.8 Å². The van der Waals surface area contributed by atoms with Gasteiger partial charge in [-0.3, -0.25) is 4.79 Å². The van der Waals surface area contributed by atoms with Gasteiger partial charge >= 0.3 is 5.97 Å². The second kappa shape index (κ2) is 10.3. The van der Waals surface area contributed by atoms with Gasteiger partial charge in [-0.15, -0.1) is 0 Å². The standard InChI is InChI=1S/C27H18Cl3N3O3/c28-17-8-5-15(6-9-17)11-16-7-10-20-24(19-3-1-2-4-22(19)32-25(16)20)27(35)36-14-23(34)33-26-21(30)12-18(29)13-31-26/h1-6,8-9,11-13H,7,10,14H2,(H,31,33,34)/b16-11+. The molecule has 0 aliphatic heterocycles. The number of fused-ring (bicyclic) bond motifs is 2. The predicted molar refractivity (Wildman–Crippen MR) is 143 cm³/mol. The number of pyridine rings is 2. The number of esters is 1. The summed E-state index contributed by atoms with van der Waals surface area (Å²) in [6.07, 6.45) is 4.77. The van der Waals surface area contributed by atoms with Gasteiger partial charge in [0.2, 0.25) is 0 Å². The molecule has 0 fully saturated rings. The molecule has 2 aromatic carbocycles. The van der Waals surface area contributed by atoms with Gasteiger partial charge in [0, 0.05) is 16.6 Å². The quantitative estimate of drug-likeness (QED) is 0.280. The van der Waals surface area contributed by atoms with E-state index in [1.807, 2.05) is 48.5 Å². The summed E-state index contributed by atoms with van der Waals surface area (Å²) >= 11 is 17.9. The molecule has 0 radical (unpaired) electrons. The fourth-order valence-corrected chi connectivity index (χ4v) is 4.70. The van der Waals surface area contributed by atoms with Crippen LogP contribution in [0.3, 0.4) is 0 Å². The Kier molecular flexibility index (Phi) is 6.92. The van der Waals surface area contributed by atoms with Crippen LogP contribution < -0.4 is 5.32 Å². The van der Waals surface area contributed by atoms with E-state index in [0.717, 1.165) is 28.8 Å². The van der Waals surface area contributed by atoms with Gasteiger partial charge in [0.05, 0.1) is 26.8 Å². The normalized spacial score (nSPS) is 13.6. The number of hydrogen-bond donors (Lipinski definition) is 1. The summed E-state index contributed by atoms with van der Waals surface area (Å²) in [5.74, 6) is -1.03. The minimum absolute atomic E-state index is 0.134. The van der Waals surface area contributed by atoms with E-state index in [9.17, 15) is 9.59 Å². The van der Waals surface area contributed by atoms with Crippen LogP contribution in [0.4, 0.5) is 5.82 Å². The number of carbonyl (C=O) groups excluding carboxylic acids is 2. The van der Waals surface area contributed by atoms with Gasteiger partial charge in [0.1, 0.15) is 0 Å². The predicted octanol–water partition coefficient (Wildman–Crippen LogP) is 6.87. The van der Waals surface area contributed by atoms with Crippen LogP contribution in [-0.4, -0.2) is 28.5 Å². The van der Waals surface area contributed by atoms with E-state index in [1.54, 1.807) is 0 Å². The summed E-state index contributed by atoms with van der Waals surface area (Å²) in [5.41, 5.74) is 4.68. The lowest BCUT2D eigenvalue weighted by Gasteiger charge is -2.12. The second-order valence-corrected chi connectivity index (χ2v) is 9.44. The maximum atomic E-state index is 13.3. The van der Waals surface area contributed by atoms with Gasteiger partial charge in [0.25, 0.3) is 5.91 Å². The van der Waals surface area contributed by atoms with Gasteiger partial charge in [-0.1, -0.05) is 65.1 Å². The van der Waals surface area contributed by atoms with Crippen molar-refractivity contribution in [3.05, 3.63) is 98.2 Å². The highest BCUT2D eigenvalue weighted by Gasteiger charge is 2.28. The average Bonchev–Trinajstić information content (AvgIpc) is 3.26. The Labute approximate surface area is 221 Å². The van der Waals surface area contributed by atoms with E-state index in [4.69, 9.17) is 44.5 Å². The largest absolute Gasteiger partial charge is 0.452 e. The third kappa shape index (κ3) is 5.07. The first-order chi connectivity index (χ1) is 17.4. The van der Waals surface area contributed by atoms with Crippen LogP contribution in [0.25, 0.3) is 22.6 Å². The van der Waals surface area contributed by atoms with Gasteiger partial charge in [-0.05, 0) is 59.9 Å². The van der Waals surface area contributed by atoms with Crippen molar-refractivity contribution in [2.75, 3.05) is 11.9 Å². The third-order valence-corrected chi connectivity index (χ3v) is 6.50. The van der Waals surface area contributed by atoms with Crippen molar-refractivity contribution >= 4 is 75.0 Å². The van der Waals surface area contributed by atoms with Crippen molar-refractivity contribution in [1.82, 2.24) is 9.97 Å². The highest BCUT2D eigenvalue weighted by atomic mass is 35.5. The highest BCUT2D eigenvalue weighted by Crippen LogP contribution is 2.38. The zero-order valence-electron chi connectivity index (χ0n) is 18.7. The number of nitrogens with one attached hydrogen (secondary N) is 1. The summed E-state index contributed by atoms with van der Waals surface area (Å²) in [4.78, 5) is 34.5. The topological polar surface area (TPSA) is 81.2 Å². The molecule has 4 aromatic rings. The van der Waals surface area contributed by atoms with Crippen molar-refractivity contribution < 1.29 is 14.3 Å². The molecule has 0 saturated carbocycles. The molecule has 0 spiro atoms. The van der Waals surface area contributed by atoms with Crippen LogP contribution in [-0.2, 0) is 16.0 Å². The van der Waals surface area contributed by atoms with E-state index in [1.165, 1.54) is 12.3 Å². The van der Waals surface area contributed by atoms with Crippen molar-refractivity contribution in [3.8, 4) is 0 Å². The molecule has 0 unspecified atom stereocenters. The number of rotatable bonds is 5. The van der Waals surface area contributed by atoms with Crippen molar-refractivity contribution in [2.24, 2.45) is 0 Å². The first-order valence-electron chi connectivity index (χ1n) is 11.0. The highest BCUT2D eigenvalue weighted by molar-refractivity contribution is 6.36. The number of nitrogens with zero attached hydrogens (tertiary/aromatic N) is 2. The summed E-state index contributed by atoms with van der Waals surface area (Å²) in [6.45, 7) is -0.502. The SMILES string of the molecule is O=C(COC(=O)c1c2c(nc3ccccc13)/C(=C/c1ccc(Cl)cc1)CC2)Nc1ncc(Cl)cc1Cl. The zero-order chi connectivity index (χ0) is 25.2. The number of benzene rings is 2. The molecule has 0 bridgehead atoms. The minimum atomic E-state index is -0.595. The Bertz CT molecular complexity index is 1540. The summed E-state index contributed by atoms with van der Waals surface area (Å²) < 4.78 is 5.42. The van der Waals surface area contributed by atoms with Gasteiger partial charge in [-0.25, -0.2) is 14.8 Å². The fourth-order valence-electron chi connectivity index (χ4n) is 4.15. The first-order valence-corrected chi connectivity index (χ1v) is 12.2. The second-order valence-electron chi connectivity index (χ2n) is 8.16. The molecule has 1 aliphatic carbocycles. The summed E-state index contributed by atoms with van der Waals surface area (Å²) in [7, 11) is 0. The Hall–Kier alpha value is -3.45. The smallest absolute Gasteiger partial charge is 0.339 e. The number of allylic oxidation sites excluding steroid dienone is 1. The Balaban J connectivity index is 1.42. The zero-order valence-corrected chi connectivity index (χ0v) is 21.0. The van der Waals surface area contributed by atoms with Crippen molar-refractivity contribution in [1.29, 1.82) is 0 Å². The van der Waals surface area contributed by atoms with E-state index in [0.29, 0.717) is 32.9 Å². The maximum absolute atomic E-state index is 13.3. The number of ether oxygens (including phenoxy) is 1. The number of aromatic nitrogens is 2. The van der Waals surface area contributed by atoms with Gasteiger partial charge in [-0.2, -0.15) is 0 Å². The monoisotopic (exact) mass is 537 g/mol. The van der Waals surface area contributed by atoms with Gasteiger partial charge < -0.3 is 10.1 Å². The van der Waals surface area contributed by atoms with E-state index < -0.39 is 18.5 Å². The molecule has 0 atom stereocenters. The van der Waals surface area contributed by atoms with E-state index >= 15 is 0 Å². The molecule has 0 saturated heterocycles. The molecule has 2 aromatic heterocycles. The molecule has 1 amide bonds. The molecule has 1 N–H and O–H groups in total. The summed E-state index contributed by atoms with van der Waals surface area (Å²) in [6, 6.07) is 16.4. The number of anilines is 1. The van der Waals surface area contributed by atoms with Crippen LogP contribution in [0.1, 0.15) is 33.6 Å². The Morgan fingerprint density at radius 2 is 1.78 bits per heavy atom. The van der Waals surface area contributed by atoms with Crippen LogP contribution in [0.2, 0.25) is 15.1 Å². The molecular weight excluding hydrogens is 521 g/mol. The lowest BCUT2D eigenvalue weighted by Crippen LogP contribution is -2.22. The lowest BCUT2D eigenvalue weighted by atomic mass is 10.0. The molecule has 2 heterocycles. The molecular formula is C27H18Cl3N3O3. The Morgan fingerprint density at radius 1 is 1.00 bits per heavy atom. The molecule has 180 valence electrons. The van der Waals surface area contributed by atoms with E-state index in [2.05, 4.69) is 16.4 Å². The maximum Gasteiger partial charge on any atom is 0.339 e. The number of carbonyl (C=O) groups is 2. The number of para-hydroxylation sites is 1. The fraction of sp³-hybridized carbons (Fsp3) is 0.111. The number of hydrogen-bond acceptors (Lipinski definition) is 5. The van der Waals surface area contributed by atoms with Crippen molar-refractivity contribution in [3.63, 3.8) is 0 Å². The van der Waals surface area contributed by atoms with Gasteiger partial charge in [0.15, 0.2) is 12.4 Å². The minimum Gasteiger partial charge on any atom is -0.452 e. The Morgan fingerprint density at radius 3 is 2.56 bits per heavy atom. The van der Waals surface area contributed by atoms with Crippen LogP contribution in [0, 0.1) is 0 Å². The molecule has 5 rings (SSSR count). The summed E-state index contributed by atoms with van der Waals surface area (Å²) in [5, 5.41) is 4.38. The van der Waals surface area contributed by atoms with Crippen LogP contribution >= 0.6 is 34.8 Å². The first kappa shape index (κ1) is 24.3. The lowest BCUT2D eigenvalue weighted by molar-refractivity contribution is -0.119. The molecule has 1 aliphatic rings. The average molecular weight is 539 g/mol. The molecule has 9 heteroatoms. The molecule has 6 nitrogen and oxygen atoms in total.